The van der Waals surface area contributed by atoms with Gasteiger partial charge in [0.15, 0.2) is 55.0 Å². The van der Waals surface area contributed by atoms with Crippen LogP contribution in [0.25, 0.3) is 0 Å². The van der Waals surface area contributed by atoms with Crippen LogP contribution in [0.5, 0.6) is 11.5 Å². The Balaban J connectivity index is 0.722. The topological polar surface area (TPSA) is 388 Å². The van der Waals surface area contributed by atoms with Gasteiger partial charge in [-0.15, -0.1) is 0 Å². The van der Waals surface area contributed by atoms with Crippen molar-refractivity contribution in [3.05, 3.63) is 21.2 Å². The standard InChI is InChI=1S/C61H90Cl2O32/c1-21(2)53(70)87-49-45-32(92-61(93-45)52-51(78-20-79-52)60(72,27(8)64)28(9)91-61)19-77-56(49)89-57-48(76-14)39(68)44(31(83-57)18-73-11)88-55-40(69)47(43(74-12)24(5)82-55)85-34-17-58(10)50(26(7)81-34)94-59(95-58)16-30(66)42(25(6)90-59)84-33-15-29(65)41(23(4)80-33)86-54(71)35-22(3)36(62)38(67)37(63)46(35)75-13/h21,23-34,39-45,47-52,55-57,64-69,72H,15-20H2,1-14H3/t23-,24-,25-,26-,27+,28-,29-,30-,31-,32+,33+,34+,39+,40-,41-,42-,43+,44-,45-,47-,48+,49-,50-,51-,52-,55+,56+,57+,58-,59-,60+,61+/m1/s1. The molecule has 10 fully saturated rings. The molecule has 10 heterocycles. The second-order valence-electron chi connectivity index (χ2n) is 26.4. The van der Waals surface area contributed by atoms with Crippen molar-refractivity contribution in [1.29, 1.82) is 0 Å². The molecule has 34 heteroatoms. The Labute approximate surface area is 558 Å². The number of rotatable bonds is 18. The number of phenols is 1. The maximum absolute atomic E-state index is 13.6. The Hall–Kier alpha value is -2.70. The molecule has 32 nitrogen and oxygen atoms in total. The zero-order valence-corrected chi connectivity index (χ0v) is 56.6. The van der Waals surface area contributed by atoms with Gasteiger partial charge in [0.1, 0.15) is 102 Å². The van der Waals surface area contributed by atoms with Crippen molar-refractivity contribution in [2.75, 3.05) is 48.4 Å². The number of hydrogen-bond donors (Lipinski definition) is 7. The molecule has 2 spiro atoms. The third kappa shape index (κ3) is 13.5. The lowest BCUT2D eigenvalue weighted by atomic mass is 9.80. The minimum atomic E-state index is -2.03. The van der Waals surface area contributed by atoms with Crippen LogP contribution in [0, 0.1) is 12.8 Å². The van der Waals surface area contributed by atoms with Gasteiger partial charge in [-0.1, -0.05) is 37.0 Å². The normalized spacial score (nSPS) is 47.7. The minimum absolute atomic E-state index is 0.00581. The van der Waals surface area contributed by atoms with Gasteiger partial charge in [0.2, 0.25) is 6.29 Å². The molecule has 540 valence electrons. The summed E-state index contributed by atoms with van der Waals surface area (Å²) >= 11 is 12.5. The molecule has 7 N–H and O–H groups in total. The molecule has 0 aromatic heterocycles. The van der Waals surface area contributed by atoms with Crippen LogP contribution in [-0.4, -0.2) is 291 Å². The highest BCUT2D eigenvalue weighted by Crippen LogP contribution is 2.53. The summed E-state index contributed by atoms with van der Waals surface area (Å²) in [5.74, 6) is -6.71. The van der Waals surface area contributed by atoms with E-state index in [0.29, 0.717) is 0 Å². The van der Waals surface area contributed by atoms with E-state index in [1.807, 2.05) is 0 Å². The molecule has 1 aromatic carbocycles. The van der Waals surface area contributed by atoms with E-state index in [4.69, 9.17) is 132 Å². The molecule has 10 aliphatic rings. The van der Waals surface area contributed by atoms with E-state index in [1.165, 1.54) is 49.2 Å². The predicted molar refractivity (Wildman–Crippen MR) is 314 cm³/mol. The Morgan fingerprint density at radius 1 is 0.653 bits per heavy atom. The SMILES string of the molecule is COC[C@H]1O[C@@H](O[C@@H]2OC[C@@H]3O[C@@]4(O[C@H]3[C@H]2OC(=O)C(C)C)O[C@H](C)[C@@](O)([C@H](C)O)[C@@H]2OCO[C@H]24)[C@@H](OC)[C@@H](O)[C@@H]1O[C@@H]1O[C@H](C)[C@H](OC)[C@H](O[C@H]2C[C@@]3(C)O[C@@]4(C[C@@H](O)[C@H](O[C@H]5C[C@@H](O)[C@H](OC(=O)c6c(C)c(Cl)c(O)c(Cl)c6OC)[C@@H](C)O5)[C@@H](C)O4)O[C@@H]3[C@@H](C)O2)[C@H]1O. The first kappa shape index (κ1) is 73.5. The molecule has 0 aliphatic carbocycles. The lowest BCUT2D eigenvalue weighted by Crippen LogP contribution is -2.72. The first-order valence-corrected chi connectivity index (χ1v) is 32.6. The second kappa shape index (κ2) is 28.6. The largest absolute Gasteiger partial charge is 0.505 e. The first-order valence-electron chi connectivity index (χ1n) is 31.9. The number of aliphatic hydroxyl groups excluding tert-OH is 5. The lowest BCUT2D eigenvalue weighted by Gasteiger charge is -2.51. The zero-order valence-electron chi connectivity index (χ0n) is 55.1. The number of esters is 2. The number of carbonyl (C=O) groups excluding carboxylic acids is 2. The number of aliphatic hydroxyl groups is 6. The van der Waals surface area contributed by atoms with Crippen LogP contribution in [0.1, 0.15) is 97.5 Å². The fourth-order valence-electron chi connectivity index (χ4n) is 14.7. The number of benzene rings is 1. The molecule has 95 heavy (non-hydrogen) atoms. The summed E-state index contributed by atoms with van der Waals surface area (Å²) in [5.41, 5.74) is -3.14. The van der Waals surface area contributed by atoms with Crippen LogP contribution >= 0.6 is 23.2 Å². The second-order valence-corrected chi connectivity index (χ2v) is 27.2. The number of carbonyl (C=O) groups is 2. The number of hydrogen-bond acceptors (Lipinski definition) is 32. The number of halogens is 2. The van der Waals surface area contributed by atoms with Gasteiger partial charge >= 0.3 is 17.9 Å². The molecular weight excluding hydrogens is 1320 g/mol. The number of ether oxygens (including phenoxy) is 23. The number of aromatic hydroxyl groups is 1. The summed E-state index contributed by atoms with van der Waals surface area (Å²) in [5, 5.41) is 79.9. The molecule has 10 aliphatic heterocycles. The lowest BCUT2D eigenvalue weighted by molar-refractivity contribution is -0.439. The summed E-state index contributed by atoms with van der Waals surface area (Å²) in [7, 11) is 5.37. The fraction of sp³-hybridized carbons (Fsp3) is 0.869. The average molecular weight is 1410 g/mol. The van der Waals surface area contributed by atoms with Crippen LogP contribution in [0.3, 0.4) is 0 Å². The highest BCUT2D eigenvalue weighted by atomic mass is 35.5. The van der Waals surface area contributed by atoms with Crippen LogP contribution < -0.4 is 4.74 Å². The Morgan fingerprint density at radius 2 is 1.34 bits per heavy atom. The predicted octanol–water partition coefficient (Wildman–Crippen LogP) is 0.844. The van der Waals surface area contributed by atoms with Gasteiger partial charge in [-0.2, -0.15) is 0 Å². The highest BCUT2D eigenvalue weighted by molar-refractivity contribution is 6.39. The molecule has 1 aromatic rings. The van der Waals surface area contributed by atoms with Crippen molar-refractivity contribution >= 4 is 35.1 Å². The van der Waals surface area contributed by atoms with Crippen LogP contribution in [0.2, 0.25) is 10.0 Å². The van der Waals surface area contributed by atoms with Crippen LogP contribution in [0.4, 0.5) is 0 Å². The van der Waals surface area contributed by atoms with E-state index in [0.717, 1.165) is 0 Å². The fourth-order valence-corrected chi connectivity index (χ4v) is 15.2. The van der Waals surface area contributed by atoms with Crippen LogP contribution in [-0.2, 0) is 109 Å². The molecule has 0 amide bonds. The molecule has 11 rings (SSSR count). The summed E-state index contributed by atoms with van der Waals surface area (Å²) in [6, 6.07) is 0. The van der Waals surface area contributed by atoms with Crippen molar-refractivity contribution in [3.8, 4) is 11.5 Å². The number of phenolic OH excluding ortho intramolecular Hbond substituents is 1. The van der Waals surface area contributed by atoms with E-state index in [2.05, 4.69) is 0 Å². The van der Waals surface area contributed by atoms with Crippen molar-refractivity contribution in [2.45, 2.75) is 283 Å². The maximum atomic E-state index is 13.6. The number of methoxy groups -OCH3 is 4. The average Bonchev–Trinajstić information content (AvgIpc) is 1.59. The van der Waals surface area contributed by atoms with E-state index in [-0.39, 0.29) is 66.2 Å². The third-order valence-corrected chi connectivity index (χ3v) is 20.4. The Kier molecular flexibility index (Phi) is 22.1. The van der Waals surface area contributed by atoms with Crippen molar-refractivity contribution in [1.82, 2.24) is 0 Å². The summed E-state index contributed by atoms with van der Waals surface area (Å²) in [6.45, 7) is 15.4. The summed E-state index contributed by atoms with van der Waals surface area (Å²) < 4.78 is 142. The van der Waals surface area contributed by atoms with Gasteiger partial charge in [-0.05, 0) is 61.0 Å². The molecule has 0 saturated carbocycles. The van der Waals surface area contributed by atoms with Gasteiger partial charge in [0.25, 0.3) is 5.97 Å². The maximum Gasteiger partial charge on any atom is 0.342 e. The summed E-state index contributed by atoms with van der Waals surface area (Å²) in [6.07, 6.45) is -33.7. The van der Waals surface area contributed by atoms with E-state index in [1.54, 1.807) is 48.5 Å². The molecule has 0 radical (unpaired) electrons. The van der Waals surface area contributed by atoms with Crippen LogP contribution in [0.15, 0.2) is 0 Å². The van der Waals surface area contributed by atoms with E-state index in [9.17, 15) is 45.3 Å². The van der Waals surface area contributed by atoms with Crippen molar-refractivity contribution in [2.24, 2.45) is 5.92 Å². The summed E-state index contributed by atoms with van der Waals surface area (Å²) in [4.78, 5) is 27.0. The van der Waals surface area contributed by atoms with Gasteiger partial charge in [0.05, 0.1) is 86.5 Å². The third-order valence-electron chi connectivity index (χ3n) is 19.5. The van der Waals surface area contributed by atoms with Gasteiger partial charge in [-0.3, -0.25) is 4.79 Å². The molecule has 0 bridgehead atoms. The monoisotopic (exact) mass is 1400 g/mol. The van der Waals surface area contributed by atoms with Gasteiger partial charge in [-0.25, -0.2) is 4.79 Å². The van der Waals surface area contributed by atoms with Gasteiger partial charge < -0.3 is 145 Å². The van der Waals surface area contributed by atoms with Crippen molar-refractivity contribution < 1.29 is 154 Å². The molecule has 10 saturated heterocycles. The Bertz CT molecular complexity index is 2840. The van der Waals surface area contributed by atoms with Crippen molar-refractivity contribution in [3.63, 3.8) is 0 Å². The van der Waals surface area contributed by atoms with Gasteiger partial charge in [0, 0.05) is 34.2 Å². The highest BCUT2D eigenvalue weighted by Gasteiger charge is 2.73. The van der Waals surface area contributed by atoms with E-state index >= 15 is 0 Å². The van der Waals surface area contributed by atoms with E-state index < -0.39 is 219 Å². The Morgan fingerprint density at radius 3 is 1.99 bits per heavy atom. The molecule has 32 atom stereocenters. The molecule has 0 unspecified atom stereocenters. The quantitative estimate of drug-likeness (QED) is 0.100. The smallest absolute Gasteiger partial charge is 0.342 e. The zero-order chi connectivity index (χ0) is 68.9. The molecular formula is C61H90Cl2O32. The first-order chi connectivity index (χ1) is 44.9. The minimum Gasteiger partial charge on any atom is -0.505 e. The number of fused-ring (bicyclic) bond motifs is 4.